The standard InChI is InChI=1S/C24H39N7/c1-6-25-23(26-18-24(3,4)29-19(2)20-11-8-7-9-12-20)28-21-13-10-14-31(16-21)22-15-27-30(5)17-22/h7-9,11-12,15,17,19,21,29H,6,10,13-14,16,18H2,1-5H3,(H2,25,26,28). The molecule has 0 amide bonds. The highest BCUT2D eigenvalue weighted by atomic mass is 15.3. The molecule has 1 aromatic heterocycles. The number of anilines is 1. The second-order valence-electron chi connectivity index (χ2n) is 9.16. The van der Waals surface area contributed by atoms with Crippen LogP contribution in [0.5, 0.6) is 0 Å². The van der Waals surface area contributed by atoms with Crippen molar-refractivity contribution in [3.05, 3.63) is 48.3 Å². The van der Waals surface area contributed by atoms with Crippen LogP contribution in [0.25, 0.3) is 0 Å². The van der Waals surface area contributed by atoms with Crippen LogP contribution in [0.1, 0.15) is 52.1 Å². The van der Waals surface area contributed by atoms with Crippen molar-refractivity contribution in [1.29, 1.82) is 0 Å². The molecule has 1 aliphatic rings. The molecule has 0 bridgehead atoms. The summed E-state index contributed by atoms with van der Waals surface area (Å²) in [4.78, 5) is 7.33. The molecule has 1 aliphatic heterocycles. The lowest BCUT2D eigenvalue weighted by molar-refractivity contribution is 0.356. The first-order valence-electron chi connectivity index (χ1n) is 11.5. The number of nitrogens with zero attached hydrogens (tertiary/aromatic N) is 4. The fraction of sp³-hybridized carbons (Fsp3) is 0.583. The van der Waals surface area contributed by atoms with Gasteiger partial charge in [0, 0.05) is 50.5 Å². The predicted octanol–water partition coefficient (Wildman–Crippen LogP) is 3.07. The van der Waals surface area contributed by atoms with Gasteiger partial charge in [0.2, 0.25) is 0 Å². The van der Waals surface area contributed by atoms with E-state index in [1.54, 1.807) is 0 Å². The SMILES string of the molecule is CCNC(=NCC(C)(C)NC(C)c1ccccc1)NC1CCCN(c2cnn(C)c2)C1. The maximum Gasteiger partial charge on any atom is 0.191 e. The van der Waals surface area contributed by atoms with E-state index in [-0.39, 0.29) is 11.6 Å². The van der Waals surface area contributed by atoms with E-state index in [9.17, 15) is 0 Å². The van der Waals surface area contributed by atoms with Crippen LogP contribution >= 0.6 is 0 Å². The smallest absolute Gasteiger partial charge is 0.191 e. The lowest BCUT2D eigenvalue weighted by Crippen LogP contribution is -2.52. The van der Waals surface area contributed by atoms with Gasteiger partial charge in [-0.25, -0.2) is 0 Å². The van der Waals surface area contributed by atoms with E-state index in [1.807, 2.05) is 17.9 Å². The van der Waals surface area contributed by atoms with E-state index in [0.29, 0.717) is 12.6 Å². The van der Waals surface area contributed by atoms with Crippen molar-refractivity contribution in [2.24, 2.45) is 12.0 Å². The van der Waals surface area contributed by atoms with Crippen molar-refractivity contribution in [1.82, 2.24) is 25.7 Å². The van der Waals surface area contributed by atoms with Crippen molar-refractivity contribution in [2.75, 3.05) is 31.1 Å². The molecule has 2 unspecified atom stereocenters. The highest BCUT2D eigenvalue weighted by Crippen LogP contribution is 2.19. The quantitative estimate of drug-likeness (QED) is 0.448. The predicted molar refractivity (Wildman–Crippen MR) is 130 cm³/mol. The molecule has 7 heteroatoms. The Balaban J connectivity index is 1.58. The third-order valence-electron chi connectivity index (χ3n) is 5.70. The monoisotopic (exact) mass is 425 g/mol. The third-order valence-corrected chi connectivity index (χ3v) is 5.70. The first-order chi connectivity index (χ1) is 14.9. The van der Waals surface area contributed by atoms with Gasteiger partial charge in [-0.05, 0) is 46.1 Å². The molecule has 1 saturated heterocycles. The van der Waals surface area contributed by atoms with Crippen LogP contribution in [0.3, 0.4) is 0 Å². The minimum absolute atomic E-state index is 0.119. The normalized spacial score (nSPS) is 18.7. The third kappa shape index (κ3) is 6.99. The molecule has 2 aromatic rings. The summed E-state index contributed by atoms with van der Waals surface area (Å²) in [6.45, 7) is 12.3. The van der Waals surface area contributed by atoms with Gasteiger partial charge in [-0.3, -0.25) is 9.67 Å². The second-order valence-corrected chi connectivity index (χ2v) is 9.16. The highest BCUT2D eigenvalue weighted by Gasteiger charge is 2.23. The average molecular weight is 426 g/mol. The van der Waals surface area contributed by atoms with Gasteiger partial charge in [0.1, 0.15) is 0 Å². The van der Waals surface area contributed by atoms with Crippen LogP contribution in [-0.4, -0.2) is 53.5 Å². The summed E-state index contributed by atoms with van der Waals surface area (Å²) in [6.07, 6.45) is 6.34. The second kappa shape index (κ2) is 10.7. The molecule has 0 saturated carbocycles. The summed E-state index contributed by atoms with van der Waals surface area (Å²) in [7, 11) is 1.97. The van der Waals surface area contributed by atoms with Crippen LogP contribution in [0.2, 0.25) is 0 Å². The maximum atomic E-state index is 4.92. The van der Waals surface area contributed by atoms with Crippen LogP contribution in [-0.2, 0) is 7.05 Å². The van der Waals surface area contributed by atoms with Gasteiger partial charge in [0.15, 0.2) is 5.96 Å². The topological polar surface area (TPSA) is 69.5 Å². The molecule has 31 heavy (non-hydrogen) atoms. The first kappa shape index (κ1) is 23.1. The molecule has 3 rings (SSSR count). The fourth-order valence-corrected chi connectivity index (χ4v) is 4.15. The number of benzene rings is 1. The van der Waals surface area contributed by atoms with Gasteiger partial charge < -0.3 is 20.9 Å². The van der Waals surface area contributed by atoms with E-state index in [2.05, 4.69) is 90.2 Å². The van der Waals surface area contributed by atoms with Gasteiger partial charge >= 0.3 is 0 Å². The van der Waals surface area contributed by atoms with E-state index < -0.39 is 0 Å². The Morgan fingerprint density at radius 3 is 2.74 bits per heavy atom. The lowest BCUT2D eigenvalue weighted by Gasteiger charge is -2.35. The summed E-state index contributed by atoms with van der Waals surface area (Å²) >= 11 is 0. The number of guanidine groups is 1. The van der Waals surface area contributed by atoms with Crippen LogP contribution in [0.15, 0.2) is 47.7 Å². The van der Waals surface area contributed by atoms with E-state index in [0.717, 1.165) is 38.4 Å². The molecule has 2 atom stereocenters. The Kier molecular flexibility index (Phi) is 7.96. The van der Waals surface area contributed by atoms with E-state index >= 15 is 0 Å². The molecule has 3 N–H and O–H groups in total. The number of aromatic nitrogens is 2. The molecule has 0 spiro atoms. The Morgan fingerprint density at radius 2 is 2.06 bits per heavy atom. The van der Waals surface area contributed by atoms with Crippen molar-refractivity contribution in [2.45, 2.75) is 58.2 Å². The van der Waals surface area contributed by atoms with Crippen molar-refractivity contribution >= 4 is 11.6 Å². The number of nitrogens with one attached hydrogen (secondary N) is 3. The summed E-state index contributed by atoms with van der Waals surface area (Å²) in [5, 5.41) is 15.1. The first-order valence-corrected chi connectivity index (χ1v) is 11.5. The zero-order valence-corrected chi connectivity index (χ0v) is 19.7. The van der Waals surface area contributed by atoms with Gasteiger partial charge in [0.25, 0.3) is 0 Å². The van der Waals surface area contributed by atoms with Crippen LogP contribution in [0.4, 0.5) is 5.69 Å². The molecule has 1 aromatic carbocycles. The number of piperidine rings is 1. The molecule has 7 nitrogen and oxygen atoms in total. The van der Waals surface area contributed by atoms with Gasteiger partial charge in [-0.1, -0.05) is 30.3 Å². The molecule has 170 valence electrons. The molecule has 2 heterocycles. The summed E-state index contributed by atoms with van der Waals surface area (Å²) < 4.78 is 1.86. The number of aliphatic imine (C=N–C) groups is 1. The highest BCUT2D eigenvalue weighted by molar-refractivity contribution is 5.80. The summed E-state index contributed by atoms with van der Waals surface area (Å²) in [5.74, 6) is 0.891. The largest absolute Gasteiger partial charge is 0.367 e. The minimum Gasteiger partial charge on any atom is -0.367 e. The Bertz CT molecular complexity index is 827. The van der Waals surface area contributed by atoms with Crippen LogP contribution in [0, 0.1) is 0 Å². The zero-order valence-electron chi connectivity index (χ0n) is 19.7. The van der Waals surface area contributed by atoms with Gasteiger partial charge in [-0.2, -0.15) is 5.10 Å². The summed E-state index contributed by atoms with van der Waals surface area (Å²) in [5.41, 5.74) is 2.37. The van der Waals surface area contributed by atoms with Crippen molar-refractivity contribution in [3.63, 3.8) is 0 Å². The van der Waals surface area contributed by atoms with Crippen molar-refractivity contribution < 1.29 is 0 Å². The van der Waals surface area contributed by atoms with Crippen molar-refractivity contribution in [3.8, 4) is 0 Å². The minimum atomic E-state index is -0.119. The number of hydrogen-bond acceptors (Lipinski definition) is 4. The molecular formula is C24H39N7. The molecule has 1 fully saturated rings. The Morgan fingerprint density at radius 1 is 1.29 bits per heavy atom. The Hall–Kier alpha value is -2.54. The molecule has 0 aliphatic carbocycles. The van der Waals surface area contributed by atoms with Crippen LogP contribution < -0.4 is 20.9 Å². The lowest BCUT2D eigenvalue weighted by atomic mass is 10.0. The zero-order chi connectivity index (χ0) is 22.3. The van der Waals surface area contributed by atoms with E-state index in [4.69, 9.17) is 4.99 Å². The maximum absolute atomic E-state index is 4.92. The van der Waals surface area contributed by atoms with E-state index in [1.165, 1.54) is 11.3 Å². The average Bonchev–Trinajstić information content (AvgIpc) is 3.19. The number of hydrogen-bond donors (Lipinski definition) is 3. The van der Waals surface area contributed by atoms with Gasteiger partial charge in [-0.15, -0.1) is 0 Å². The number of aryl methyl sites for hydroxylation is 1. The summed E-state index contributed by atoms with van der Waals surface area (Å²) in [6, 6.07) is 11.2. The fourth-order valence-electron chi connectivity index (χ4n) is 4.15. The Labute approximate surface area is 187 Å². The molecule has 0 radical (unpaired) electrons. The number of rotatable bonds is 8. The molecular weight excluding hydrogens is 386 g/mol. The van der Waals surface area contributed by atoms with Gasteiger partial charge in [0.05, 0.1) is 18.4 Å².